The second-order valence-corrected chi connectivity index (χ2v) is 3.81. The van der Waals surface area contributed by atoms with Crippen LogP contribution in [0.3, 0.4) is 0 Å². The van der Waals surface area contributed by atoms with E-state index in [1.54, 1.807) is 0 Å². The quantitative estimate of drug-likeness (QED) is 0.484. The van der Waals surface area contributed by atoms with Crippen molar-refractivity contribution in [2.45, 2.75) is 27.4 Å². The lowest BCUT2D eigenvalue weighted by atomic mass is 10.1. The summed E-state index contributed by atoms with van der Waals surface area (Å²) in [6, 6.07) is 5.90. The van der Waals surface area contributed by atoms with Crippen molar-refractivity contribution >= 4 is 5.97 Å². The molecule has 3 heteroatoms. The Balaban J connectivity index is 2.58. The molecular formula is C13H16O3. The summed E-state index contributed by atoms with van der Waals surface area (Å²) >= 11 is 0. The first kappa shape index (κ1) is 12.3. The Morgan fingerprint density at radius 1 is 1.38 bits per heavy atom. The molecule has 0 fully saturated rings. The van der Waals surface area contributed by atoms with Crippen molar-refractivity contribution in [1.82, 2.24) is 0 Å². The van der Waals surface area contributed by atoms with Crippen LogP contribution in [0.2, 0.25) is 0 Å². The van der Waals surface area contributed by atoms with Gasteiger partial charge in [-0.3, -0.25) is 0 Å². The normalized spacial score (nSPS) is 11.3. The number of ether oxygens (including phenoxy) is 1. The summed E-state index contributed by atoms with van der Waals surface area (Å²) in [5.74, 6) is -0.580. The monoisotopic (exact) mass is 220 g/mol. The van der Waals surface area contributed by atoms with E-state index in [0.29, 0.717) is 0 Å². The van der Waals surface area contributed by atoms with Crippen LogP contribution in [0.4, 0.5) is 0 Å². The van der Waals surface area contributed by atoms with Gasteiger partial charge >= 0.3 is 5.97 Å². The minimum absolute atomic E-state index is 0.0508. The Labute approximate surface area is 95.4 Å². The zero-order valence-electron chi connectivity index (χ0n) is 9.78. The maximum atomic E-state index is 11.1. The summed E-state index contributed by atoms with van der Waals surface area (Å²) in [4.78, 5) is 11.1. The highest BCUT2D eigenvalue weighted by molar-refractivity contribution is 5.82. The number of esters is 1. The van der Waals surface area contributed by atoms with Crippen LogP contribution in [0.5, 0.6) is 0 Å². The van der Waals surface area contributed by atoms with Crippen molar-refractivity contribution in [1.29, 1.82) is 0 Å². The van der Waals surface area contributed by atoms with Gasteiger partial charge in [0.25, 0.3) is 0 Å². The first-order chi connectivity index (χ1) is 7.49. The molecule has 86 valence electrons. The smallest absolute Gasteiger partial charge is 0.334 e. The Kier molecular flexibility index (Phi) is 4.11. The van der Waals surface area contributed by atoms with Crippen molar-refractivity contribution in [3.63, 3.8) is 0 Å². The van der Waals surface area contributed by atoms with Gasteiger partial charge in [-0.1, -0.05) is 18.2 Å². The molecule has 0 aliphatic heterocycles. The number of aliphatic hydroxyl groups is 1. The molecule has 1 N–H and O–H groups in total. The Morgan fingerprint density at radius 2 is 2.06 bits per heavy atom. The van der Waals surface area contributed by atoms with Crippen LogP contribution in [0.1, 0.15) is 23.6 Å². The number of allylic oxidation sites excluding steroid dienone is 1. The zero-order chi connectivity index (χ0) is 12.1. The highest BCUT2D eigenvalue weighted by atomic mass is 16.5. The number of carbonyl (C=O) groups is 1. The molecule has 0 heterocycles. The summed E-state index contributed by atoms with van der Waals surface area (Å²) in [5, 5.41) is 8.86. The summed E-state index contributed by atoms with van der Waals surface area (Å²) < 4.78 is 4.96. The molecule has 0 bridgehead atoms. The van der Waals surface area contributed by atoms with E-state index >= 15 is 0 Å². The van der Waals surface area contributed by atoms with E-state index in [1.165, 1.54) is 18.1 Å². The van der Waals surface area contributed by atoms with Crippen molar-refractivity contribution in [2.75, 3.05) is 0 Å². The molecule has 3 nitrogen and oxygen atoms in total. The fourth-order valence-corrected chi connectivity index (χ4v) is 1.26. The second-order valence-electron chi connectivity index (χ2n) is 3.81. The summed E-state index contributed by atoms with van der Waals surface area (Å²) in [6.07, 6.45) is 1.06. The molecule has 1 aromatic carbocycles. The Morgan fingerprint density at radius 3 is 2.62 bits per heavy atom. The molecule has 0 unspecified atom stereocenters. The van der Waals surface area contributed by atoms with Crippen molar-refractivity contribution in [2.24, 2.45) is 0 Å². The van der Waals surface area contributed by atoms with Gasteiger partial charge in [-0.25, -0.2) is 4.79 Å². The molecule has 0 spiro atoms. The third kappa shape index (κ3) is 3.77. The van der Waals surface area contributed by atoms with Crippen molar-refractivity contribution < 1.29 is 14.6 Å². The van der Waals surface area contributed by atoms with E-state index in [0.717, 1.165) is 11.6 Å². The molecule has 16 heavy (non-hydrogen) atoms. The summed E-state index contributed by atoms with van der Waals surface area (Å²) in [6.45, 7) is 5.70. The largest absolute Gasteiger partial charge is 0.512 e. The second kappa shape index (κ2) is 5.35. The highest BCUT2D eigenvalue weighted by Gasteiger charge is 2.01. The standard InChI is InChI=1S/C13H16O3/c1-9-4-5-12(6-10(9)2)8-16-13(15)7-11(3)14/h4-7,14H,8H2,1-3H3/b11-7-. The summed E-state index contributed by atoms with van der Waals surface area (Å²) in [7, 11) is 0. The number of benzene rings is 1. The van der Waals surface area contributed by atoms with Gasteiger partial charge in [-0.05, 0) is 37.5 Å². The van der Waals surface area contributed by atoms with Gasteiger partial charge in [-0.2, -0.15) is 0 Å². The van der Waals surface area contributed by atoms with E-state index in [4.69, 9.17) is 9.84 Å². The van der Waals surface area contributed by atoms with E-state index in [-0.39, 0.29) is 12.4 Å². The topological polar surface area (TPSA) is 46.5 Å². The number of aliphatic hydroxyl groups excluding tert-OH is 1. The molecule has 0 radical (unpaired) electrons. The van der Waals surface area contributed by atoms with Crippen LogP contribution < -0.4 is 0 Å². The molecular weight excluding hydrogens is 204 g/mol. The molecule has 0 aliphatic rings. The van der Waals surface area contributed by atoms with E-state index in [1.807, 2.05) is 32.0 Å². The molecule has 0 saturated heterocycles. The average molecular weight is 220 g/mol. The molecule has 0 saturated carbocycles. The lowest BCUT2D eigenvalue weighted by molar-refractivity contribution is -0.139. The predicted octanol–water partition coefficient (Wildman–Crippen LogP) is 2.81. The molecule has 0 aromatic heterocycles. The van der Waals surface area contributed by atoms with E-state index in [9.17, 15) is 4.79 Å². The number of carbonyl (C=O) groups excluding carboxylic acids is 1. The minimum atomic E-state index is -0.529. The van der Waals surface area contributed by atoms with Gasteiger partial charge in [0.2, 0.25) is 0 Å². The predicted molar refractivity (Wildman–Crippen MR) is 62.1 cm³/mol. The molecule has 1 rings (SSSR count). The number of aryl methyl sites for hydroxylation is 2. The highest BCUT2D eigenvalue weighted by Crippen LogP contribution is 2.10. The van der Waals surface area contributed by atoms with Crippen LogP contribution in [-0.2, 0) is 16.1 Å². The van der Waals surface area contributed by atoms with Gasteiger partial charge in [-0.15, -0.1) is 0 Å². The van der Waals surface area contributed by atoms with Gasteiger partial charge in [0, 0.05) is 0 Å². The van der Waals surface area contributed by atoms with Crippen LogP contribution in [-0.4, -0.2) is 11.1 Å². The Hall–Kier alpha value is -1.77. The summed E-state index contributed by atoms with van der Waals surface area (Å²) in [5.41, 5.74) is 3.32. The van der Waals surface area contributed by atoms with E-state index in [2.05, 4.69) is 0 Å². The maximum Gasteiger partial charge on any atom is 0.334 e. The van der Waals surface area contributed by atoms with E-state index < -0.39 is 5.97 Å². The maximum absolute atomic E-state index is 11.1. The fraction of sp³-hybridized carbons (Fsp3) is 0.308. The van der Waals surface area contributed by atoms with Gasteiger partial charge in [0.15, 0.2) is 0 Å². The van der Waals surface area contributed by atoms with Crippen LogP contribution >= 0.6 is 0 Å². The van der Waals surface area contributed by atoms with Crippen LogP contribution in [0.15, 0.2) is 30.0 Å². The lowest BCUT2D eigenvalue weighted by Gasteiger charge is -2.05. The first-order valence-corrected chi connectivity index (χ1v) is 5.09. The number of hydrogen-bond donors (Lipinski definition) is 1. The Bertz CT molecular complexity index is 415. The van der Waals surface area contributed by atoms with Crippen molar-refractivity contribution in [3.8, 4) is 0 Å². The minimum Gasteiger partial charge on any atom is -0.512 e. The number of rotatable bonds is 3. The van der Waals surface area contributed by atoms with Gasteiger partial charge in [0.1, 0.15) is 6.61 Å². The fourth-order valence-electron chi connectivity index (χ4n) is 1.26. The SMILES string of the molecule is C/C(O)=C/C(=O)OCc1ccc(C)c(C)c1. The van der Waals surface area contributed by atoms with Crippen LogP contribution in [0.25, 0.3) is 0 Å². The van der Waals surface area contributed by atoms with Crippen molar-refractivity contribution in [3.05, 3.63) is 46.7 Å². The number of hydrogen-bond acceptors (Lipinski definition) is 3. The average Bonchev–Trinajstić information content (AvgIpc) is 2.19. The molecule has 1 aromatic rings. The molecule has 0 atom stereocenters. The third-order valence-electron chi connectivity index (χ3n) is 2.28. The molecule has 0 amide bonds. The van der Waals surface area contributed by atoms with Gasteiger partial charge < -0.3 is 9.84 Å². The first-order valence-electron chi connectivity index (χ1n) is 5.09. The molecule has 0 aliphatic carbocycles. The van der Waals surface area contributed by atoms with Crippen LogP contribution in [0, 0.1) is 13.8 Å². The third-order valence-corrected chi connectivity index (χ3v) is 2.28. The van der Waals surface area contributed by atoms with Gasteiger partial charge in [0.05, 0.1) is 11.8 Å². The zero-order valence-corrected chi connectivity index (χ0v) is 9.78. The lowest BCUT2D eigenvalue weighted by Crippen LogP contribution is -2.02.